The number of aryl methyl sites for hydroxylation is 1. The van der Waals surface area contributed by atoms with Crippen LogP contribution in [0, 0.1) is 17.5 Å². The van der Waals surface area contributed by atoms with E-state index in [4.69, 9.17) is 4.74 Å². The summed E-state index contributed by atoms with van der Waals surface area (Å²) in [4.78, 5) is 16.3. The molecule has 0 spiro atoms. The summed E-state index contributed by atoms with van der Waals surface area (Å²) in [5, 5.41) is 7.16. The Labute approximate surface area is 238 Å². The molecule has 1 saturated carbocycles. The lowest BCUT2D eigenvalue weighted by Gasteiger charge is -2.41. The zero-order valence-electron chi connectivity index (χ0n) is 22.8. The molecule has 3 aromatic rings. The largest absolute Gasteiger partial charge is 0.488 e. The molecule has 6 rings (SSSR count). The first-order valence-corrected chi connectivity index (χ1v) is 14.4. The Morgan fingerprint density at radius 1 is 0.902 bits per heavy atom. The highest BCUT2D eigenvalue weighted by atomic mass is 19.2. The average Bonchev–Trinajstić information content (AvgIpc) is 3.83. The van der Waals surface area contributed by atoms with Gasteiger partial charge >= 0.3 is 0 Å². The van der Waals surface area contributed by atoms with Gasteiger partial charge in [-0.1, -0.05) is 54.6 Å². The summed E-state index contributed by atoms with van der Waals surface area (Å²) in [5.74, 6) is -3.92. The Hall–Kier alpha value is -3.62. The van der Waals surface area contributed by atoms with E-state index >= 15 is 0 Å². The van der Waals surface area contributed by atoms with Gasteiger partial charge in [-0.3, -0.25) is 4.79 Å². The van der Waals surface area contributed by atoms with Gasteiger partial charge in [-0.15, -0.1) is 0 Å². The molecule has 2 atom stereocenters. The summed E-state index contributed by atoms with van der Waals surface area (Å²) in [6, 6.07) is 20.5. The maximum atomic E-state index is 14.2. The van der Waals surface area contributed by atoms with E-state index in [1.54, 1.807) is 0 Å². The van der Waals surface area contributed by atoms with Crippen molar-refractivity contribution in [2.45, 2.75) is 56.8 Å². The van der Waals surface area contributed by atoms with Crippen LogP contribution in [-0.2, 0) is 17.8 Å². The molecule has 214 valence electrons. The second kappa shape index (κ2) is 12.1. The van der Waals surface area contributed by atoms with E-state index in [1.807, 2.05) is 30.3 Å². The molecule has 0 aromatic heterocycles. The minimum Gasteiger partial charge on any atom is -0.488 e. The lowest BCUT2D eigenvalue weighted by molar-refractivity contribution is -0.128. The molecule has 1 aliphatic carbocycles. The maximum absolute atomic E-state index is 14.2. The van der Waals surface area contributed by atoms with Crippen molar-refractivity contribution in [3.8, 4) is 5.75 Å². The number of carbonyl (C=O) groups is 1. The van der Waals surface area contributed by atoms with Crippen molar-refractivity contribution in [2.75, 3.05) is 19.7 Å². The molecule has 3 aliphatic rings. The SMILES string of the molecule is O=C(C1=C(c2ccc(CCCOc3c(F)ccc(F)c3F)cc2)CC2CNC[C@H]1N2)N(Cc1ccccc1)C1CC1. The van der Waals surface area contributed by atoms with Crippen LogP contribution in [0.2, 0.25) is 0 Å². The lowest BCUT2D eigenvalue weighted by Crippen LogP contribution is -2.59. The molecule has 1 amide bonds. The van der Waals surface area contributed by atoms with Gasteiger partial charge in [0.25, 0.3) is 5.91 Å². The van der Waals surface area contributed by atoms with Crippen LogP contribution in [0.5, 0.6) is 5.75 Å². The molecule has 41 heavy (non-hydrogen) atoms. The number of nitrogens with zero attached hydrogens (tertiary/aromatic N) is 1. The average molecular weight is 562 g/mol. The summed E-state index contributed by atoms with van der Waals surface area (Å²) in [5.41, 5.74) is 5.19. The number of piperazine rings is 1. The van der Waals surface area contributed by atoms with Gasteiger partial charge in [-0.25, -0.2) is 8.78 Å². The van der Waals surface area contributed by atoms with E-state index < -0.39 is 23.2 Å². The van der Waals surface area contributed by atoms with Gasteiger partial charge in [-0.2, -0.15) is 4.39 Å². The Morgan fingerprint density at radius 3 is 2.41 bits per heavy atom. The highest BCUT2D eigenvalue weighted by molar-refractivity contribution is 6.03. The Kier molecular flexibility index (Phi) is 8.12. The second-order valence-electron chi connectivity index (χ2n) is 11.1. The fourth-order valence-corrected chi connectivity index (χ4v) is 5.89. The summed E-state index contributed by atoms with van der Waals surface area (Å²) < 4.78 is 46.3. The van der Waals surface area contributed by atoms with Crippen molar-refractivity contribution in [3.63, 3.8) is 0 Å². The van der Waals surface area contributed by atoms with Gasteiger partial charge in [0, 0.05) is 37.3 Å². The van der Waals surface area contributed by atoms with Gasteiger partial charge in [0.05, 0.1) is 12.6 Å². The van der Waals surface area contributed by atoms with Crippen LogP contribution in [0.1, 0.15) is 42.4 Å². The molecule has 2 heterocycles. The molecule has 1 saturated heterocycles. The number of fused-ring (bicyclic) bond motifs is 2. The number of nitrogens with one attached hydrogen (secondary N) is 2. The van der Waals surface area contributed by atoms with E-state index in [0.717, 1.165) is 72.3 Å². The standard InChI is InChI=1S/C33H34F3N3O2/c34-27-14-15-28(35)32(31(27)36)41-16-4-7-21-8-10-23(11-9-21)26-17-24-18-37-19-29(38-24)30(26)33(40)39(25-12-13-25)20-22-5-2-1-3-6-22/h1-3,5-6,8-11,14-15,24-25,29,37-38H,4,7,12-13,16-20H2/t24?,29-/m1/s1. The Balaban J connectivity index is 1.18. The van der Waals surface area contributed by atoms with Gasteiger partial charge in [0.1, 0.15) is 0 Å². The minimum absolute atomic E-state index is 0.0394. The summed E-state index contributed by atoms with van der Waals surface area (Å²) in [7, 11) is 0. The van der Waals surface area contributed by atoms with E-state index in [0.29, 0.717) is 19.4 Å². The lowest BCUT2D eigenvalue weighted by atomic mass is 9.83. The molecule has 2 bridgehead atoms. The van der Waals surface area contributed by atoms with Gasteiger partial charge < -0.3 is 20.3 Å². The molecule has 0 radical (unpaired) electrons. The van der Waals surface area contributed by atoms with Crippen molar-refractivity contribution < 1.29 is 22.7 Å². The quantitative estimate of drug-likeness (QED) is 0.257. The molecule has 2 aliphatic heterocycles. The normalized spacial score (nSPS) is 20.2. The Bertz CT molecular complexity index is 1420. The number of halogens is 3. The molecule has 2 N–H and O–H groups in total. The predicted octanol–water partition coefficient (Wildman–Crippen LogP) is 5.39. The summed E-state index contributed by atoms with van der Waals surface area (Å²) in [6.45, 7) is 2.25. The van der Waals surface area contributed by atoms with Crippen LogP contribution in [0.3, 0.4) is 0 Å². The first-order valence-electron chi connectivity index (χ1n) is 14.4. The van der Waals surface area contributed by atoms with Crippen molar-refractivity contribution >= 4 is 11.5 Å². The molecule has 2 fully saturated rings. The van der Waals surface area contributed by atoms with Crippen molar-refractivity contribution in [2.24, 2.45) is 0 Å². The molecule has 3 aromatic carbocycles. The molecular weight excluding hydrogens is 527 g/mol. The van der Waals surface area contributed by atoms with E-state index in [9.17, 15) is 18.0 Å². The Morgan fingerprint density at radius 2 is 1.66 bits per heavy atom. The topological polar surface area (TPSA) is 53.6 Å². The predicted molar refractivity (Wildman–Crippen MR) is 152 cm³/mol. The van der Waals surface area contributed by atoms with Gasteiger partial charge in [-0.05, 0) is 66.5 Å². The third-order valence-electron chi connectivity index (χ3n) is 8.14. The summed E-state index contributed by atoms with van der Waals surface area (Å²) in [6.07, 6.45) is 3.99. The summed E-state index contributed by atoms with van der Waals surface area (Å²) >= 11 is 0. The van der Waals surface area contributed by atoms with Gasteiger partial charge in [0.15, 0.2) is 17.4 Å². The third-order valence-corrected chi connectivity index (χ3v) is 8.14. The zero-order chi connectivity index (χ0) is 28.3. The number of rotatable bonds is 10. The number of ether oxygens (including phenoxy) is 1. The number of hydrogen-bond acceptors (Lipinski definition) is 4. The van der Waals surface area contributed by atoms with Crippen LogP contribution in [0.25, 0.3) is 5.57 Å². The van der Waals surface area contributed by atoms with Crippen molar-refractivity contribution in [3.05, 3.63) is 106 Å². The van der Waals surface area contributed by atoms with Crippen LogP contribution >= 0.6 is 0 Å². The molecule has 8 heteroatoms. The van der Waals surface area contributed by atoms with E-state index in [2.05, 4.69) is 39.8 Å². The molecular formula is C33H34F3N3O2. The maximum Gasteiger partial charge on any atom is 0.252 e. The first kappa shape index (κ1) is 27.5. The number of amides is 1. The third kappa shape index (κ3) is 6.19. The number of benzene rings is 3. The first-order chi connectivity index (χ1) is 20.0. The molecule has 5 nitrogen and oxygen atoms in total. The fraction of sp³-hybridized carbons (Fsp3) is 0.364. The zero-order valence-corrected chi connectivity index (χ0v) is 22.8. The van der Waals surface area contributed by atoms with Crippen LogP contribution in [0.4, 0.5) is 13.2 Å². The van der Waals surface area contributed by atoms with Gasteiger partial charge in [0.2, 0.25) is 5.82 Å². The van der Waals surface area contributed by atoms with E-state index in [1.165, 1.54) is 0 Å². The monoisotopic (exact) mass is 561 g/mol. The van der Waals surface area contributed by atoms with Crippen LogP contribution in [0.15, 0.2) is 72.3 Å². The van der Waals surface area contributed by atoms with Crippen molar-refractivity contribution in [1.29, 1.82) is 0 Å². The number of carbonyl (C=O) groups excluding carboxylic acids is 1. The van der Waals surface area contributed by atoms with Crippen LogP contribution < -0.4 is 15.4 Å². The minimum atomic E-state index is -1.31. The van der Waals surface area contributed by atoms with E-state index in [-0.39, 0.29) is 30.6 Å². The highest BCUT2D eigenvalue weighted by Crippen LogP contribution is 2.36. The fourth-order valence-electron chi connectivity index (χ4n) is 5.89. The van der Waals surface area contributed by atoms with Crippen molar-refractivity contribution in [1.82, 2.24) is 15.5 Å². The number of hydrogen-bond donors (Lipinski definition) is 2. The second-order valence-corrected chi connectivity index (χ2v) is 11.1. The van der Waals surface area contributed by atoms with Crippen LogP contribution in [-0.4, -0.2) is 48.6 Å². The smallest absolute Gasteiger partial charge is 0.252 e. The molecule has 1 unspecified atom stereocenters. The highest BCUT2D eigenvalue weighted by Gasteiger charge is 2.40.